The molecule has 2 aromatic carbocycles. The summed E-state index contributed by atoms with van der Waals surface area (Å²) in [7, 11) is 0. The average Bonchev–Trinajstić information content (AvgIpc) is 3.02. The highest BCUT2D eigenvalue weighted by Crippen LogP contribution is 2.33. The zero-order valence-electron chi connectivity index (χ0n) is 17.5. The van der Waals surface area contributed by atoms with Gasteiger partial charge in [-0.2, -0.15) is 0 Å². The van der Waals surface area contributed by atoms with Crippen molar-refractivity contribution in [2.75, 3.05) is 19.7 Å². The van der Waals surface area contributed by atoms with Crippen LogP contribution < -0.4 is 5.32 Å². The van der Waals surface area contributed by atoms with E-state index in [0.29, 0.717) is 16.2 Å². The SMILES string of the molecule is Cc1ccc(C(=O)NC[C@H]2OC[C@@](C)(CN(O)C(=O)c3ccccc3)[C@@H]2O)cc1C. The first kappa shape index (κ1) is 22.0. The molecule has 0 aromatic heterocycles. The molecule has 30 heavy (non-hydrogen) atoms. The van der Waals surface area contributed by atoms with Crippen molar-refractivity contribution in [1.82, 2.24) is 10.4 Å². The minimum absolute atomic E-state index is 0.0938. The summed E-state index contributed by atoms with van der Waals surface area (Å²) in [6.45, 7) is 5.85. The lowest BCUT2D eigenvalue weighted by Crippen LogP contribution is -2.47. The summed E-state index contributed by atoms with van der Waals surface area (Å²) >= 11 is 0. The van der Waals surface area contributed by atoms with Gasteiger partial charge in [-0.1, -0.05) is 31.2 Å². The highest BCUT2D eigenvalue weighted by atomic mass is 16.5. The van der Waals surface area contributed by atoms with Crippen molar-refractivity contribution >= 4 is 11.8 Å². The Morgan fingerprint density at radius 3 is 2.50 bits per heavy atom. The largest absolute Gasteiger partial charge is 0.390 e. The van der Waals surface area contributed by atoms with E-state index in [4.69, 9.17) is 4.74 Å². The maximum absolute atomic E-state index is 12.4. The van der Waals surface area contributed by atoms with Gasteiger partial charge >= 0.3 is 0 Å². The van der Waals surface area contributed by atoms with Crippen LogP contribution in [0.5, 0.6) is 0 Å². The molecule has 7 heteroatoms. The highest BCUT2D eigenvalue weighted by molar-refractivity contribution is 5.94. The molecule has 7 nitrogen and oxygen atoms in total. The first-order valence-electron chi connectivity index (χ1n) is 9.92. The molecule has 0 radical (unpaired) electrons. The van der Waals surface area contributed by atoms with E-state index in [9.17, 15) is 19.9 Å². The van der Waals surface area contributed by atoms with E-state index in [1.807, 2.05) is 26.0 Å². The number of hydrogen-bond acceptors (Lipinski definition) is 5. The maximum Gasteiger partial charge on any atom is 0.277 e. The number of nitrogens with zero attached hydrogens (tertiary/aromatic N) is 1. The van der Waals surface area contributed by atoms with Crippen molar-refractivity contribution in [3.63, 3.8) is 0 Å². The van der Waals surface area contributed by atoms with Crippen LogP contribution in [0, 0.1) is 19.3 Å². The lowest BCUT2D eigenvalue weighted by Gasteiger charge is -2.31. The van der Waals surface area contributed by atoms with Crippen molar-refractivity contribution in [3.8, 4) is 0 Å². The van der Waals surface area contributed by atoms with Gasteiger partial charge in [0, 0.05) is 23.1 Å². The van der Waals surface area contributed by atoms with Gasteiger partial charge in [0.2, 0.25) is 0 Å². The predicted molar refractivity (Wildman–Crippen MR) is 111 cm³/mol. The Balaban J connectivity index is 1.57. The Bertz CT molecular complexity index is 917. The van der Waals surface area contributed by atoms with Gasteiger partial charge in [-0.3, -0.25) is 14.8 Å². The number of hydrogen-bond donors (Lipinski definition) is 3. The quantitative estimate of drug-likeness (QED) is 0.500. The van der Waals surface area contributed by atoms with Crippen molar-refractivity contribution in [1.29, 1.82) is 0 Å². The van der Waals surface area contributed by atoms with Crippen molar-refractivity contribution in [3.05, 3.63) is 70.8 Å². The van der Waals surface area contributed by atoms with Gasteiger partial charge in [0.15, 0.2) is 0 Å². The second-order valence-electron chi connectivity index (χ2n) is 8.19. The van der Waals surface area contributed by atoms with Crippen LogP contribution in [0.4, 0.5) is 0 Å². The number of carbonyl (C=O) groups is 2. The number of rotatable bonds is 6. The van der Waals surface area contributed by atoms with Crippen LogP contribution in [0.3, 0.4) is 0 Å². The van der Waals surface area contributed by atoms with Crippen LogP contribution >= 0.6 is 0 Å². The molecule has 3 rings (SSSR count). The lowest BCUT2D eigenvalue weighted by molar-refractivity contribution is -0.0940. The van der Waals surface area contributed by atoms with Gasteiger partial charge in [-0.05, 0) is 49.2 Å². The fourth-order valence-electron chi connectivity index (χ4n) is 3.55. The summed E-state index contributed by atoms with van der Waals surface area (Å²) in [5, 5.41) is 24.4. The Morgan fingerprint density at radius 2 is 1.83 bits per heavy atom. The summed E-state index contributed by atoms with van der Waals surface area (Å²) < 4.78 is 5.68. The molecule has 1 saturated heterocycles. The van der Waals surface area contributed by atoms with Crippen LogP contribution in [0.25, 0.3) is 0 Å². The Labute approximate surface area is 176 Å². The molecule has 0 aliphatic carbocycles. The molecular formula is C23H28N2O5. The van der Waals surface area contributed by atoms with Crippen LogP contribution in [-0.4, -0.2) is 59.1 Å². The van der Waals surface area contributed by atoms with Crippen molar-refractivity contribution < 1.29 is 24.6 Å². The summed E-state index contributed by atoms with van der Waals surface area (Å²) in [4.78, 5) is 24.8. The van der Waals surface area contributed by atoms with Crippen LogP contribution in [-0.2, 0) is 4.74 Å². The van der Waals surface area contributed by atoms with Gasteiger partial charge in [-0.25, -0.2) is 5.06 Å². The second kappa shape index (κ2) is 8.95. The lowest BCUT2D eigenvalue weighted by atomic mass is 9.84. The Kier molecular flexibility index (Phi) is 6.55. The topological polar surface area (TPSA) is 99.1 Å². The third kappa shape index (κ3) is 4.70. The van der Waals surface area contributed by atoms with Gasteiger partial charge in [0.05, 0.1) is 19.3 Å². The highest BCUT2D eigenvalue weighted by Gasteiger charge is 2.47. The molecule has 0 saturated carbocycles. The molecule has 2 aromatic rings. The van der Waals surface area contributed by atoms with Gasteiger partial charge in [0.1, 0.15) is 6.10 Å². The van der Waals surface area contributed by atoms with E-state index in [2.05, 4.69) is 5.32 Å². The molecule has 1 aliphatic heterocycles. The smallest absolute Gasteiger partial charge is 0.277 e. The van der Waals surface area contributed by atoms with Gasteiger partial charge < -0.3 is 15.2 Å². The molecule has 3 atom stereocenters. The molecule has 0 bridgehead atoms. The second-order valence-corrected chi connectivity index (χ2v) is 8.19. The first-order valence-corrected chi connectivity index (χ1v) is 9.92. The summed E-state index contributed by atoms with van der Waals surface area (Å²) in [6, 6.07) is 13.9. The van der Waals surface area contributed by atoms with E-state index in [0.717, 1.165) is 11.1 Å². The number of aliphatic hydroxyl groups is 1. The van der Waals surface area contributed by atoms with Gasteiger partial charge in [-0.15, -0.1) is 0 Å². The van der Waals surface area contributed by atoms with Crippen LogP contribution in [0.2, 0.25) is 0 Å². The molecular weight excluding hydrogens is 384 g/mol. The first-order chi connectivity index (χ1) is 14.2. The van der Waals surface area contributed by atoms with E-state index in [1.54, 1.807) is 43.3 Å². The predicted octanol–water partition coefficient (Wildman–Crippen LogP) is 2.33. The third-order valence-electron chi connectivity index (χ3n) is 5.69. The monoisotopic (exact) mass is 412 g/mol. The van der Waals surface area contributed by atoms with Crippen LogP contribution in [0.15, 0.2) is 48.5 Å². The van der Waals surface area contributed by atoms with Crippen LogP contribution in [0.1, 0.15) is 38.8 Å². The van der Waals surface area contributed by atoms with E-state index < -0.39 is 23.5 Å². The summed E-state index contributed by atoms with van der Waals surface area (Å²) in [5.41, 5.74) is 2.17. The fraction of sp³-hybridized carbons (Fsp3) is 0.391. The van der Waals surface area contributed by atoms with Gasteiger partial charge in [0.25, 0.3) is 11.8 Å². The minimum atomic E-state index is -0.962. The average molecular weight is 412 g/mol. The van der Waals surface area contributed by atoms with E-state index in [1.165, 1.54) is 0 Å². The number of nitrogens with one attached hydrogen (secondary N) is 1. The van der Waals surface area contributed by atoms with Crippen molar-refractivity contribution in [2.45, 2.75) is 33.0 Å². The third-order valence-corrected chi connectivity index (χ3v) is 5.69. The number of amides is 2. The molecule has 2 amide bonds. The molecule has 160 valence electrons. The molecule has 3 N–H and O–H groups in total. The number of aliphatic hydroxyl groups excluding tert-OH is 1. The Morgan fingerprint density at radius 1 is 1.13 bits per heavy atom. The number of carbonyl (C=O) groups excluding carboxylic acids is 2. The van der Waals surface area contributed by atoms with E-state index in [-0.39, 0.29) is 25.6 Å². The molecule has 1 heterocycles. The molecule has 0 spiro atoms. The number of ether oxygens (including phenoxy) is 1. The zero-order valence-corrected chi connectivity index (χ0v) is 17.5. The minimum Gasteiger partial charge on any atom is -0.390 e. The maximum atomic E-state index is 12.4. The molecule has 0 unspecified atom stereocenters. The number of hydroxylamine groups is 2. The molecule has 1 fully saturated rings. The zero-order chi connectivity index (χ0) is 21.9. The summed E-state index contributed by atoms with van der Waals surface area (Å²) in [6.07, 6.45) is -1.60. The van der Waals surface area contributed by atoms with E-state index >= 15 is 0 Å². The molecule has 1 aliphatic rings. The normalized spacial score (nSPS) is 23.2. The Hall–Kier alpha value is -2.74. The number of aryl methyl sites for hydroxylation is 2. The number of benzene rings is 2. The standard InChI is InChI=1S/C23H28N2O5/c1-15-9-10-18(11-16(15)2)21(27)24-12-19-20(26)23(3,14-30-19)13-25(29)22(28)17-7-5-4-6-8-17/h4-11,19-20,26,29H,12-14H2,1-3H3,(H,24,27)/t19-,20-,23-/m1/s1. The fourth-order valence-corrected chi connectivity index (χ4v) is 3.55. The summed E-state index contributed by atoms with van der Waals surface area (Å²) in [5.74, 6) is -0.791. The van der Waals surface area contributed by atoms with Crippen molar-refractivity contribution in [2.24, 2.45) is 5.41 Å².